The number of hydrogen-bond donors (Lipinski definition) is 3. The second-order valence-electron chi connectivity index (χ2n) is 4.13. The fourth-order valence-electron chi connectivity index (χ4n) is 1.86. The minimum atomic E-state index is 0.00102. The molecule has 0 aromatic carbocycles. The Balaban J connectivity index is 1.97. The number of imidazole rings is 1. The summed E-state index contributed by atoms with van der Waals surface area (Å²) < 4.78 is 5.37. The second kappa shape index (κ2) is 4.60. The third-order valence-electron chi connectivity index (χ3n) is 2.83. The summed E-state index contributed by atoms with van der Waals surface area (Å²) in [6.45, 7) is 2.00. The summed E-state index contributed by atoms with van der Waals surface area (Å²) >= 11 is 0. The normalized spacial score (nSPS) is 12.5. The summed E-state index contributed by atoms with van der Waals surface area (Å²) in [6, 6.07) is 3.78. The number of rotatable bonds is 4. The van der Waals surface area contributed by atoms with Crippen LogP contribution in [0.3, 0.4) is 0 Å². The van der Waals surface area contributed by atoms with Gasteiger partial charge in [-0.15, -0.1) is 0 Å². The molecule has 0 aliphatic heterocycles. The second-order valence-corrected chi connectivity index (χ2v) is 4.13. The SMILES string of the molecule is CNc1nc(NC(C)c2ccco2)c2[nH]cnc2n1. The zero-order valence-corrected chi connectivity index (χ0v) is 10.6. The Bertz CT molecular complexity index is 675. The van der Waals surface area contributed by atoms with Crippen LogP contribution in [0.4, 0.5) is 11.8 Å². The van der Waals surface area contributed by atoms with Crippen molar-refractivity contribution in [3.05, 3.63) is 30.5 Å². The molecule has 1 atom stereocenters. The number of furan rings is 1. The Kier molecular flexibility index (Phi) is 2.79. The molecule has 19 heavy (non-hydrogen) atoms. The van der Waals surface area contributed by atoms with Crippen LogP contribution in [0.1, 0.15) is 18.7 Å². The van der Waals surface area contributed by atoms with E-state index in [2.05, 4.69) is 30.6 Å². The van der Waals surface area contributed by atoms with Crippen LogP contribution in [-0.2, 0) is 0 Å². The maximum Gasteiger partial charge on any atom is 0.226 e. The van der Waals surface area contributed by atoms with Crippen LogP contribution in [0.5, 0.6) is 0 Å². The van der Waals surface area contributed by atoms with Gasteiger partial charge in [0.1, 0.15) is 11.3 Å². The van der Waals surface area contributed by atoms with Gasteiger partial charge in [0.25, 0.3) is 0 Å². The molecule has 1 unspecified atom stereocenters. The van der Waals surface area contributed by atoms with Gasteiger partial charge in [-0.3, -0.25) is 0 Å². The molecule has 3 rings (SSSR count). The van der Waals surface area contributed by atoms with Crippen molar-refractivity contribution < 1.29 is 4.42 Å². The van der Waals surface area contributed by atoms with E-state index >= 15 is 0 Å². The fraction of sp³-hybridized carbons (Fsp3) is 0.250. The van der Waals surface area contributed by atoms with Crippen molar-refractivity contribution in [2.24, 2.45) is 0 Å². The van der Waals surface area contributed by atoms with Gasteiger partial charge in [0, 0.05) is 7.05 Å². The molecule has 0 fully saturated rings. The molecule has 3 heterocycles. The van der Waals surface area contributed by atoms with E-state index in [0.717, 1.165) is 11.3 Å². The Hall–Kier alpha value is -2.57. The number of hydrogen-bond acceptors (Lipinski definition) is 6. The summed E-state index contributed by atoms with van der Waals surface area (Å²) in [6.07, 6.45) is 3.25. The average molecular weight is 258 g/mol. The van der Waals surface area contributed by atoms with Gasteiger partial charge >= 0.3 is 0 Å². The van der Waals surface area contributed by atoms with E-state index in [-0.39, 0.29) is 6.04 Å². The van der Waals surface area contributed by atoms with Gasteiger partial charge in [-0.2, -0.15) is 9.97 Å². The molecule has 0 amide bonds. The van der Waals surface area contributed by atoms with Crippen LogP contribution in [0, 0.1) is 0 Å². The first-order valence-corrected chi connectivity index (χ1v) is 5.96. The highest BCUT2D eigenvalue weighted by molar-refractivity contribution is 5.83. The molecule has 98 valence electrons. The standard InChI is InChI=1S/C12H14N6O/c1-7(8-4-3-5-19-8)16-11-9-10(15-6-14-9)17-12(13-2)18-11/h3-7H,1-2H3,(H3,13,14,15,16,17,18). The van der Waals surface area contributed by atoms with Crippen molar-refractivity contribution in [2.75, 3.05) is 17.7 Å². The molecule has 7 heteroatoms. The highest BCUT2D eigenvalue weighted by Gasteiger charge is 2.14. The van der Waals surface area contributed by atoms with Crippen LogP contribution in [-0.4, -0.2) is 27.0 Å². The van der Waals surface area contributed by atoms with Crippen molar-refractivity contribution in [1.29, 1.82) is 0 Å². The Morgan fingerprint density at radius 1 is 1.37 bits per heavy atom. The van der Waals surface area contributed by atoms with Crippen molar-refractivity contribution in [2.45, 2.75) is 13.0 Å². The van der Waals surface area contributed by atoms with Crippen molar-refractivity contribution >= 4 is 22.9 Å². The highest BCUT2D eigenvalue weighted by atomic mass is 16.3. The number of nitrogens with one attached hydrogen (secondary N) is 3. The molecule has 0 saturated heterocycles. The predicted molar refractivity (Wildman–Crippen MR) is 72.0 cm³/mol. The lowest BCUT2D eigenvalue weighted by Gasteiger charge is -2.13. The summed E-state index contributed by atoms with van der Waals surface area (Å²) in [7, 11) is 1.77. The largest absolute Gasteiger partial charge is 0.467 e. The smallest absolute Gasteiger partial charge is 0.226 e. The number of fused-ring (bicyclic) bond motifs is 1. The number of aromatic nitrogens is 4. The molecule has 0 spiro atoms. The number of H-pyrrole nitrogens is 1. The van der Waals surface area contributed by atoms with E-state index in [0.29, 0.717) is 17.4 Å². The first-order valence-electron chi connectivity index (χ1n) is 5.96. The van der Waals surface area contributed by atoms with E-state index < -0.39 is 0 Å². The summed E-state index contributed by atoms with van der Waals surface area (Å²) in [5.41, 5.74) is 1.39. The maximum absolute atomic E-state index is 5.37. The van der Waals surface area contributed by atoms with E-state index in [9.17, 15) is 0 Å². The van der Waals surface area contributed by atoms with Gasteiger partial charge in [-0.05, 0) is 19.1 Å². The van der Waals surface area contributed by atoms with Crippen LogP contribution < -0.4 is 10.6 Å². The van der Waals surface area contributed by atoms with Crippen LogP contribution in [0.15, 0.2) is 29.1 Å². The van der Waals surface area contributed by atoms with E-state index in [1.807, 2.05) is 19.1 Å². The van der Waals surface area contributed by atoms with Crippen LogP contribution >= 0.6 is 0 Å². The van der Waals surface area contributed by atoms with Crippen LogP contribution in [0.25, 0.3) is 11.2 Å². The van der Waals surface area contributed by atoms with Crippen LogP contribution in [0.2, 0.25) is 0 Å². The molecule has 7 nitrogen and oxygen atoms in total. The van der Waals surface area contributed by atoms with Gasteiger partial charge in [-0.1, -0.05) is 0 Å². The Morgan fingerprint density at radius 2 is 2.26 bits per heavy atom. The maximum atomic E-state index is 5.37. The zero-order valence-electron chi connectivity index (χ0n) is 10.6. The third kappa shape index (κ3) is 2.10. The van der Waals surface area contributed by atoms with Crippen molar-refractivity contribution in [3.8, 4) is 0 Å². The lowest BCUT2D eigenvalue weighted by molar-refractivity contribution is 0.490. The quantitative estimate of drug-likeness (QED) is 0.664. The summed E-state index contributed by atoms with van der Waals surface area (Å²) in [5, 5.41) is 6.21. The topological polar surface area (TPSA) is 91.7 Å². The number of nitrogens with zero attached hydrogens (tertiary/aromatic N) is 3. The molecular weight excluding hydrogens is 244 g/mol. The summed E-state index contributed by atoms with van der Waals surface area (Å²) in [4.78, 5) is 15.8. The van der Waals surface area contributed by atoms with Crippen molar-refractivity contribution in [1.82, 2.24) is 19.9 Å². The molecular formula is C12H14N6O. The molecule has 3 N–H and O–H groups in total. The minimum Gasteiger partial charge on any atom is -0.467 e. The molecule has 0 aliphatic carbocycles. The first-order chi connectivity index (χ1) is 9.28. The predicted octanol–water partition coefficient (Wildman–Crippen LogP) is 2.16. The monoisotopic (exact) mass is 258 g/mol. The van der Waals surface area contributed by atoms with Gasteiger partial charge in [0.15, 0.2) is 11.5 Å². The third-order valence-corrected chi connectivity index (χ3v) is 2.83. The van der Waals surface area contributed by atoms with E-state index in [1.165, 1.54) is 0 Å². The number of anilines is 2. The lowest BCUT2D eigenvalue weighted by atomic mass is 10.2. The summed E-state index contributed by atoms with van der Waals surface area (Å²) in [5.74, 6) is 2.06. The molecule has 3 aromatic heterocycles. The lowest BCUT2D eigenvalue weighted by Crippen LogP contribution is -2.09. The first kappa shape index (κ1) is 11.5. The average Bonchev–Trinajstić information content (AvgIpc) is 3.09. The zero-order chi connectivity index (χ0) is 13.2. The molecule has 0 radical (unpaired) electrons. The Morgan fingerprint density at radius 3 is 3.00 bits per heavy atom. The minimum absolute atomic E-state index is 0.00102. The fourth-order valence-corrected chi connectivity index (χ4v) is 1.86. The molecule has 0 saturated carbocycles. The van der Waals surface area contributed by atoms with E-state index in [4.69, 9.17) is 4.42 Å². The van der Waals surface area contributed by atoms with Gasteiger partial charge in [-0.25, -0.2) is 4.98 Å². The van der Waals surface area contributed by atoms with Gasteiger partial charge < -0.3 is 20.0 Å². The van der Waals surface area contributed by atoms with Gasteiger partial charge in [0.05, 0.1) is 18.6 Å². The molecule has 0 bridgehead atoms. The van der Waals surface area contributed by atoms with Gasteiger partial charge in [0.2, 0.25) is 5.95 Å². The molecule has 0 aliphatic rings. The Labute approximate surface area is 109 Å². The number of aromatic amines is 1. The molecule has 3 aromatic rings. The van der Waals surface area contributed by atoms with E-state index in [1.54, 1.807) is 19.6 Å². The van der Waals surface area contributed by atoms with Crippen molar-refractivity contribution in [3.63, 3.8) is 0 Å². The highest BCUT2D eigenvalue weighted by Crippen LogP contribution is 2.23.